The van der Waals surface area contributed by atoms with Crippen molar-refractivity contribution in [3.8, 4) is 0 Å². The zero-order valence-electron chi connectivity index (χ0n) is 41.8. The lowest BCUT2D eigenvalue weighted by Gasteiger charge is -2.26. The fraction of sp³-hybridized carbons (Fsp3) is 0.661. The number of carboxylic acid groups (broad SMARTS) is 1. The van der Waals surface area contributed by atoms with Crippen LogP contribution >= 0.6 is 0 Å². The predicted molar refractivity (Wildman–Crippen MR) is 269 cm³/mol. The van der Waals surface area contributed by atoms with Crippen molar-refractivity contribution in [2.75, 3.05) is 47.5 Å². The molecule has 65 heavy (non-hydrogen) atoms. The van der Waals surface area contributed by atoms with Gasteiger partial charge in [0.05, 0.1) is 40.3 Å². The molecule has 0 saturated carbocycles. The zero-order valence-corrected chi connectivity index (χ0v) is 41.8. The fourth-order valence-corrected chi connectivity index (χ4v) is 6.43. The van der Waals surface area contributed by atoms with Crippen LogP contribution in [0.3, 0.4) is 0 Å². The number of unbranched alkanes of at least 4 members (excludes halogenated alkanes) is 14. The fourth-order valence-electron chi connectivity index (χ4n) is 6.43. The van der Waals surface area contributed by atoms with Gasteiger partial charge in [0.15, 0.2) is 12.4 Å². The highest BCUT2D eigenvalue weighted by molar-refractivity contribution is 5.70. The van der Waals surface area contributed by atoms with Gasteiger partial charge in [0.1, 0.15) is 13.2 Å². The highest BCUT2D eigenvalue weighted by Gasteiger charge is 2.21. The number of carbonyl (C=O) groups excluding carboxylic acids is 3. The first kappa shape index (κ1) is 61.2. The van der Waals surface area contributed by atoms with Crippen molar-refractivity contribution in [3.05, 3.63) is 97.2 Å². The summed E-state index contributed by atoms with van der Waals surface area (Å²) in [5.74, 6) is -2.35. The Morgan fingerprint density at radius 3 is 1.31 bits per heavy atom. The molecule has 0 aliphatic rings. The monoisotopic (exact) mass is 908 g/mol. The van der Waals surface area contributed by atoms with Gasteiger partial charge in [-0.25, -0.2) is 0 Å². The van der Waals surface area contributed by atoms with Crippen molar-refractivity contribution in [1.29, 1.82) is 0 Å². The number of rotatable bonds is 45. The molecule has 0 aromatic heterocycles. The topological polar surface area (TPSA) is 111 Å². The van der Waals surface area contributed by atoms with E-state index in [1.807, 2.05) is 21.1 Å². The van der Waals surface area contributed by atoms with Gasteiger partial charge in [0, 0.05) is 12.8 Å². The maximum atomic E-state index is 12.8. The summed E-state index contributed by atoms with van der Waals surface area (Å²) in [6.07, 6.45) is 58.7. The Kier molecular flexibility index (Phi) is 44.0. The number of allylic oxidation sites excluding steroid dienone is 16. The molecule has 0 bridgehead atoms. The maximum absolute atomic E-state index is 12.8. The molecule has 0 aliphatic heterocycles. The van der Waals surface area contributed by atoms with Crippen LogP contribution in [0.25, 0.3) is 0 Å². The summed E-state index contributed by atoms with van der Waals surface area (Å²) in [6.45, 7) is 4.56. The molecule has 0 fully saturated rings. The van der Waals surface area contributed by atoms with Crippen LogP contribution in [0.5, 0.6) is 0 Å². The van der Waals surface area contributed by atoms with Gasteiger partial charge in [0.2, 0.25) is 0 Å². The number of esters is 2. The van der Waals surface area contributed by atoms with E-state index in [1.54, 1.807) is 0 Å². The minimum atomic E-state index is -1.64. The van der Waals surface area contributed by atoms with Crippen LogP contribution in [-0.4, -0.2) is 82.3 Å². The first-order valence-electron chi connectivity index (χ1n) is 25.4. The lowest BCUT2D eigenvalue weighted by atomic mass is 10.0. The summed E-state index contributed by atoms with van der Waals surface area (Å²) in [5.41, 5.74) is 0. The SMILES string of the molecule is CC/C=C\C/C=C\C/C=C\C/C=C\C/C=C\C/C=C\C/C=C\C/C=C\CCCCC(=O)OC(COC(=O)CCCCCCCCCCCCCCC)COC(OCC[N+](C)(C)C)C(=O)[O-]. The highest BCUT2D eigenvalue weighted by Crippen LogP contribution is 2.14. The van der Waals surface area contributed by atoms with Gasteiger partial charge in [-0.3, -0.25) is 9.59 Å². The minimum Gasteiger partial charge on any atom is -0.545 e. The van der Waals surface area contributed by atoms with Gasteiger partial charge in [-0.1, -0.05) is 188 Å². The first-order valence-corrected chi connectivity index (χ1v) is 25.4. The van der Waals surface area contributed by atoms with E-state index >= 15 is 0 Å². The van der Waals surface area contributed by atoms with Gasteiger partial charge in [0.25, 0.3) is 0 Å². The molecular weight excluding hydrogens is 815 g/mol. The Morgan fingerprint density at radius 1 is 0.477 bits per heavy atom. The molecule has 0 aromatic carbocycles. The van der Waals surface area contributed by atoms with Gasteiger partial charge >= 0.3 is 11.9 Å². The molecule has 0 saturated heterocycles. The smallest absolute Gasteiger partial charge is 0.306 e. The number of aliphatic carboxylic acids is 1. The largest absolute Gasteiger partial charge is 0.545 e. The molecule has 370 valence electrons. The summed E-state index contributed by atoms with van der Waals surface area (Å²) < 4.78 is 22.5. The Morgan fingerprint density at radius 2 is 0.877 bits per heavy atom. The Bertz CT molecular complexity index is 1380. The van der Waals surface area contributed by atoms with E-state index in [4.69, 9.17) is 18.9 Å². The predicted octanol–water partition coefficient (Wildman–Crippen LogP) is 12.9. The standard InChI is InChI=1S/C56H93NO8/c1-6-8-10-12-14-16-18-20-21-22-23-24-25-26-27-28-29-30-31-32-33-35-37-39-41-43-45-47-54(59)65-52(51-64-56(55(60)61)62-49-48-57(3,4)5)50-63-53(58)46-44-42-40-38-36-34-19-17-15-13-11-9-7-2/h8,10,14,16,20-21,23-24,26-27,29-30,32-33,37,39,52,56H,6-7,9,11-13,15,17-19,22,25,28,31,34-36,38,40-51H2,1-5H3/b10-8-,16-14-,21-20-,24-23-,27-26-,30-29-,33-32-,39-37-. The number of likely N-dealkylation sites (N-methyl/N-ethyl adjacent to an activating group) is 1. The van der Waals surface area contributed by atoms with Gasteiger partial charge in [-0.15, -0.1) is 0 Å². The van der Waals surface area contributed by atoms with Crippen molar-refractivity contribution in [1.82, 2.24) is 0 Å². The lowest BCUT2D eigenvalue weighted by molar-refractivity contribution is -0.870. The number of carbonyl (C=O) groups is 3. The third-order valence-electron chi connectivity index (χ3n) is 10.3. The molecule has 0 rings (SSSR count). The summed E-state index contributed by atoms with van der Waals surface area (Å²) in [5, 5.41) is 11.7. The summed E-state index contributed by atoms with van der Waals surface area (Å²) in [6, 6.07) is 0. The first-order chi connectivity index (χ1) is 31.6. The number of hydrogen-bond acceptors (Lipinski definition) is 8. The second-order valence-corrected chi connectivity index (χ2v) is 17.7. The van der Waals surface area contributed by atoms with E-state index in [1.165, 1.54) is 64.2 Å². The van der Waals surface area contributed by atoms with E-state index in [-0.39, 0.29) is 38.6 Å². The van der Waals surface area contributed by atoms with E-state index in [9.17, 15) is 19.5 Å². The highest BCUT2D eigenvalue weighted by atomic mass is 16.7. The molecule has 9 nitrogen and oxygen atoms in total. The molecular formula is C56H93NO8. The van der Waals surface area contributed by atoms with E-state index in [0.717, 1.165) is 83.5 Å². The van der Waals surface area contributed by atoms with Crippen molar-refractivity contribution in [3.63, 3.8) is 0 Å². The van der Waals surface area contributed by atoms with Crippen molar-refractivity contribution < 1.29 is 42.9 Å². The average Bonchev–Trinajstić information content (AvgIpc) is 3.27. The molecule has 9 heteroatoms. The van der Waals surface area contributed by atoms with Crippen LogP contribution < -0.4 is 5.11 Å². The second-order valence-electron chi connectivity index (χ2n) is 17.7. The lowest BCUT2D eigenvalue weighted by Crippen LogP contribution is -2.44. The molecule has 0 radical (unpaired) electrons. The Labute approximate surface area is 397 Å². The number of ether oxygens (including phenoxy) is 4. The Hall–Kier alpha value is -3.79. The van der Waals surface area contributed by atoms with Crippen molar-refractivity contribution in [2.45, 2.75) is 193 Å². The molecule has 0 aromatic rings. The third-order valence-corrected chi connectivity index (χ3v) is 10.3. The van der Waals surface area contributed by atoms with E-state index in [0.29, 0.717) is 17.4 Å². The molecule has 0 spiro atoms. The number of nitrogens with zero attached hydrogens (tertiary/aromatic N) is 1. The van der Waals surface area contributed by atoms with Crippen LogP contribution in [0.15, 0.2) is 97.2 Å². The number of carboxylic acids is 1. The molecule has 2 unspecified atom stereocenters. The number of quaternary nitrogens is 1. The van der Waals surface area contributed by atoms with Crippen LogP contribution in [0, 0.1) is 0 Å². The van der Waals surface area contributed by atoms with Crippen molar-refractivity contribution in [2.24, 2.45) is 0 Å². The summed E-state index contributed by atoms with van der Waals surface area (Å²) in [4.78, 5) is 37.1. The van der Waals surface area contributed by atoms with Crippen LogP contribution in [0.2, 0.25) is 0 Å². The second kappa shape index (κ2) is 46.7. The van der Waals surface area contributed by atoms with E-state index in [2.05, 4.69) is 111 Å². The quantitative estimate of drug-likeness (QED) is 0.0195. The van der Waals surface area contributed by atoms with Crippen LogP contribution in [0.1, 0.15) is 181 Å². The number of hydrogen-bond donors (Lipinski definition) is 0. The third kappa shape index (κ3) is 48.0. The molecule has 0 amide bonds. The molecule has 0 aliphatic carbocycles. The van der Waals surface area contributed by atoms with Crippen molar-refractivity contribution >= 4 is 17.9 Å². The summed E-state index contributed by atoms with van der Waals surface area (Å²) in [7, 11) is 5.89. The zero-order chi connectivity index (χ0) is 47.7. The van der Waals surface area contributed by atoms with Crippen LogP contribution in [-0.2, 0) is 33.3 Å². The normalized spacial score (nSPS) is 13.7. The Balaban J connectivity index is 4.44. The van der Waals surface area contributed by atoms with Gasteiger partial charge in [-0.05, 0) is 77.0 Å². The van der Waals surface area contributed by atoms with Crippen LogP contribution in [0.4, 0.5) is 0 Å². The van der Waals surface area contributed by atoms with E-state index < -0.39 is 24.3 Å². The molecule has 0 heterocycles. The maximum Gasteiger partial charge on any atom is 0.306 e. The molecule has 0 N–H and O–H groups in total. The summed E-state index contributed by atoms with van der Waals surface area (Å²) >= 11 is 0. The average molecular weight is 908 g/mol. The minimum absolute atomic E-state index is 0.135. The van der Waals surface area contributed by atoms with Gasteiger partial charge < -0.3 is 33.3 Å². The van der Waals surface area contributed by atoms with Gasteiger partial charge in [-0.2, -0.15) is 0 Å². The molecule has 2 atom stereocenters.